The Morgan fingerprint density at radius 3 is 0.980 bits per heavy atom. The van der Waals surface area contributed by atoms with E-state index >= 15 is 0 Å². The maximum Gasteiger partial charge on any atom is 0.125 e. The van der Waals surface area contributed by atoms with Crippen LogP contribution in [-0.2, 0) is 9.47 Å². The fraction of sp³-hybridized carbons (Fsp3) is 0.442. The Bertz CT molecular complexity index is 1620. The van der Waals surface area contributed by atoms with Crippen LogP contribution in [0.4, 0.5) is 0 Å². The average molecular weight is 687 g/mol. The maximum absolute atomic E-state index is 9.75. The predicted molar refractivity (Wildman–Crippen MR) is 205 cm³/mol. The molecule has 0 aliphatic heterocycles. The Kier molecular flexibility index (Phi) is 15.7. The Morgan fingerprint density at radius 2 is 0.720 bits per heavy atom. The van der Waals surface area contributed by atoms with Gasteiger partial charge in [0.2, 0.25) is 0 Å². The van der Waals surface area contributed by atoms with E-state index < -0.39 is 6.10 Å². The average Bonchev–Trinajstić information content (AvgIpc) is 3.06. The minimum Gasteiger partial charge on any atom is -0.496 e. The molecule has 0 radical (unpaired) electrons. The van der Waals surface area contributed by atoms with E-state index in [0.29, 0.717) is 39.5 Å². The summed E-state index contributed by atoms with van der Waals surface area (Å²) in [5, 5.41) is 9.75. The Hall–Kier alpha value is -4.04. The summed E-state index contributed by atoms with van der Waals surface area (Å²) in [5.41, 5.74) is 13.7. The first-order valence-electron chi connectivity index (χ1n) is 17.4. The van der Waals surface area contributed by atoms with Gasteiger partial charge in [-0.3, -0.25) is 0 Å². The number of rotatable bonds is 15. The molecule has 0 spiro atoms. The van der Waals surface area contributed by atoms with Gasteiger partial charge in [-0.15, -0.1) is 0 Å². The number of aryl methyl sites for hydroxylation is 8. The van der Waals surface area contributed by atoms with E-state index in [1.54, 1.807) is 21.3 Å². The molecule has 4 aromatic rings. The van der Waals surface area contributed by atoms with Gasteiger partial charge in [0.25, 0.3) is 0 Å². The molecule has 4 aromatic carbocycles. The van der Waals surface area contributed by atoms with Crippen molar-refractivity contribution >= 4 is 0 Å². The standard InChI is InChI=1S/C23H32O4.C20H26O3/c1-7-21(24)14-27-23-17(4)12-20(13-18(23)5)19-10-15(2)22(16(3)11-19)26-9-8-25-6;1-13-9-17(10-14(2)19(13)22-6)18-11-15(3)20(16(4)12-18)23-8-7-21-5/h10-13,21,24H,7-9,14H2,1-6H3;9-12H,7-8H2,1-6H3. The van der Waals surface area contributed by atoms with Gasteiger partial charge in [-0.1, -0.05) is 6.92 Å². The van der Waals surface area contributed by atoms with Gasteiger partial charge >= 0.3 is 0 Å². The van der Waals surface area contributed by atoms with Crippen molar-refractivity contribution < 1.29 is 33.5 Å². The summed E-state index contributed by atoms with van der Waals surface area (Å²) < 4.78 is 33.1. The van der Waals surface area contributed by atoms with Gasteiger partial charge in [0.1, 0.15) is 42.8 Å². The quantitative estimate of drug-likeness (QED) is 0.125. The van der Waals surface area contributed by atoms with Gasteiger partial charge in [0.15, 0.2) is 0 Å². The molecule has 0 saturated carbocycles. The second kappa shape index (κ2) is 19.4. The highest BCUT2D eigenvalue weighted by Gasteiger charge is 2.14. The van der Waals surface area contributed by atoms with Crippen LogP contribution in [0.25, 0.3) is 22.3 Å². The molecule has 0 fully saturated rings. The van der Waals surface area contributed by atoms with Crippen molar-refractivity contribution in [1.82, 2.24) is 0 Å². The lowest BCUT2D eigenvalue weighted by atomic mass is 9.96. The van der Waals surface area contributed by atoms with Gasteiger partial charge in [0.05, 0.1) is 26.4 Å². The highest BCUT2D eigenvalue weighted by molar-refractivity contribution is 5.71. The summed E-state index contributed by atoms with van der Waals surface area (Å²) in [4.78, 5) is 0. The summed E-state index contributed by atoms with van der Waals surface area (Å²) in [6, 6.07) is 17.3. The zero-order valence-electron chi connectivity index (χ0n) is 32.3. The monoisotopic (exact) mass is 686 g/mol. The van der Waals surface area contributed by atoms with Gasteiger partial charge in [-0.25, -0.2) is 0 Å². The van der Waals surface area contributed by atoms with Crippen LogP contribution in [0.2, 0.25) is 0 Å². The predicted octanol–water partition coefficient (Wildman–Crippen LogP) is 9.38. The van der Waals surface area contributed by atoms with Gasteiger partial charge in [-0.2, -0.15) is 0 Å². The fourth-order valence-electron chi connectivity index (χ4n) is 6.22. The topological polar surface area (TPSA) is 75.6 Å². The van der Waals surface area contributed by atoms with E-state index in [1.807, 2.05) is 20.8 Å². The number of hydrogen-bond donors (Lipinski definition) is 1. The Morgan fingerprint density at radius 1 is 0.440 bits per heavy atom. The molecule has 7 heteroatoms. The summed E-state index contributed by atoms with van der Waals surface area (Å²) in [7, 11) is 5.07. The van der Waals surface area contributed by atoms with E-state index in [2.05, 4.69) is 90.1 Å². The third-order valence-electron chi connectivity index (χ3n) is 8.67. The first kappa shape index (κ1) is 40.4. The van der Waals surface area contributed by atoms with E-state index in [0.717, 1.165) is 78.6 Å². The van der Waals surface area contributed by atoms with Crippen molar-refractivity contribution in [3.05, 3.63) is 93.0 Å². The molecule has 0 aromatic heterocycles. The summed E-state index contributed by atoms with van der Waals surface area (Å²) in [5.74, 6) is 3.70. The summed E-state index contributed by atoms with van der Waals surface area (Å²) in [6.07, 6.45) is 0.257. The molecule has 1 N–H and O–H groups in total. The largest absolute Gasteiger partial charge is 0.496 e. The second-order valence-corrected chi connectivity index (χ2v) is 13.0. The Labute approximate surface area is 300 Å². The number of aliphatic hydroxyl groups excluding tert-OH is 1. The number of methoxy groups -OCH3 is 3. The third kappa shape index (κ3) is 10.7. The van der Waals surface area contributed by atoms with E-state index in [-0.39, 0.29) is 0 Å². The van der Waals surface area contributed by atoms with E-state index in [4.69, 9.17) is 28.4 Å². The molecule has 0 aliphatic rings. The lowest BCUT2D eigenvalue weighted by molar-refractivity contribution is 0.103. The third-order valence-corrected chi connectivity index (χ3v) is 8.67. The van der Waals surface area contributed by atoms with Crippen LogP contribution in [0, 0.1) is 55.4 Å². The molecule has 0 bridgehead atoms. The molecule has 1 unspecified atom stereocenters. The highest BCUT2D eigenvalue weighted by atomic mass is 16.5. The van der Waals surface area contributed by atoms with Crippen LogP contribution in [-0.4, -0.2) is 65.6 Å². The zero-order valence-corrected chi connectivity index (χ0v) is 32.3. The summed E-state index contributed by atoms with van der Waals surface area (Å²) >= 11 is 0. The number of benzene rings is 4. The first-order chi connectivity index (χ1) is 23.8. The molecule has 0 saturated heterocycles. The number of aliphatic hydroxyl groups is 1. The van der Waals surface area contributed by atoms with Crippen LogP contribution >= 0.6 is 0 Å². The minimum absolute atomic E-state index is 0.323. The Balaban J connectivity index is 0.000000274. The first-order valence-corrected chi connectivity index (χ1v) is 17.4. The van der Waals surface area contributed by atoms with Crippen molar-refractivity contribution in [2.75, 3.05) is 54.4 Å². The van der Waals surface area contributed by atoms with Crippen molar-refractivity contribution in [1.29, 1.82) is 0 Å². The molecule has 50 heavy (non-hydrogen) atoms. The van der Waals surface area contributed by atoms with Gasteiger partial charge < -0.3 is 33.5 Å². The molecular formula is C43H58O7. The van der Waals surface area contributed by atoms with Crippen LogP contribution < -0.4 is 18.9 Å². The SMILES string of the molecule is CCC(O)COc1c(C)cc(-c2cc(C)c(OCCOC)c(C)c2)cc1C.COCCOc1c(C)cc(-c2cc(C)c(OC)c(C)c2)cc1C. The molecule has 1 atom stereocenters. The molecule has 272 valence electrons. The highest BCUT2D eigenvalue weighted by Crippen LogP contribution is 2.36. The van der Waals surface area contributed by atoms with Crippen LogP contribution in [0.5, 0.6) is 23.0 Å². The second-order valence-electron chi connectivity index (χ2n) is 13.0. The molecule has 0 amide bonds. The van der Waals surface area contributed by atoms with Crippen molar-refractivity contribution in [2.45, 2.75) is 74.8 Å². The lowest BCUT2D eigenvalue weighted by Gasteiger charge is -2.18. The van der Waals surface area contributed by atoms with Crippen molar-refractivity contribution in [3.8, 4) is 45.3 Å². The maximum atomic E-state index is 9.75. The molecule has 7 nitrogen and oxygen atoms in total. The minimum atomic E-state index is -0.431. The smallest absolute Gasteiger partial charge is 0.125 e. The van der Waals surface area contributed by atoms with Crippen molar-refractivity contribution in [3.63, 3.8) is 0 Å². The lowest BCUT2D eigenvalue weighted by Crippen LogP contribution is -2.16. The normalized spacial score (nSPS) is 11.5. The van der Waals surface area contributed by atoms with Gasteiger partial charge in [0, 0.05) is 14.2 Å². The van der Waals surface area contributed by atoms with Crippen molar-refractivity contribution in [2.24, 2.45) is 0 Å². The molecule has 0 heterocycles. The van der Waals surface area contributed by atoms with Crippen LogP contribution in [0.1, 0.15) is 57.9 Å². The van der Waals surface area contributed by atoms with Gasteiger partial charge in [-0.05, 0) is 177 Å². The van der Waals surface area contributed by atoms with Crippen LogP contribution in [0.15, 0.2) is 48.5 Å². The summed E-state index contributed by atoms with van der Waals surface area (Å²) in [6.45, 7) is 21.1. The number of ether oxygens (including phenoxy) is 6. The van der Waals surface area contributed by atoms with Crippen LogP contribution in [0.3, 0.4) is 0 Å². The molecule has 4 rings (SSSR count). The number of hydrogen-bond acceptors (Lipinski definition) is 7. The van der Waals surface area contributed by atoms with E-state index in [1.165, 1.54) is 11.1 Å². The fourth-order valence-corrected chi connectivity index (χ4v) is 6.22. The molecule has 0 aliphatic carbocycles. The molecular weight excluding hydrogens is 628 g/mol. The van der Waals surface area contributed by atoms with E-state index in [9.17, 15) is 5.11 Å². The zero-order chi connectivity index (χ0) is 37.0.